The average Bonchev–Trinajstić information content (AvgIpc) is 2.80. The van der Waals surface area contributed by atoms with Crippen LogP contribution < -0.4 is 11.2 Å². The highest BCUT2D eigenvalue weighted by molar-refractivity contribution is 5.52. The molecule has 1 aromatic heterocycles. The molecule has 0 radical (unpaired) electrons. The lowest BCUT2D eigenvalue weighted by atomic mass is 10.3. The van der Waals surface area contributed by atoms with Crippen LogP contribution in [0.4, 0.5) is 17.1 Å². The molecule has 0 saturated heterocycles. The minimum atomic E-state index is -0.864. The molecule has 3 aromatic carbocycles. The number of aromatic hydroxyl groups is 1. The molecule has 4 rings (SSSR count). The number of azo groups is 1. The maximum absolute atomic E-state index is 13.2. The molecule has 0 unspecified atom stereocenters. The van der Waals surface area contributed by atoms with Gasteiger partial charge in [0.05, 0.1) is 22.0 Å². The van der Waals surface area contributed by atoms with Gasteiger partial charge in [-0.3, -0.25) is 14.9 Å². The lowest BCUT2D eigenvalue weighted by Crippen LogP contribution is -2.37. The Morgan fingerprint density at radius 2 is 1.28 bits per heavy atom. The fourth-order valence-corrected chi connectivity index (χ4v) is 3.04. The lowest BCUT2D eigenvalue weighted by Gasteiger charge is -2.13. The molecular formula is C22H15N5O5. The Labute approximate surface area is 180 Å². The molecule has 0 amide bonds. The van der Waals surface area contributed by atoms with Crippen LogP contribution in [0.3, 0.4) is 0 Å². The maximum Gasteiger partial charge on any atom is 0.343 e. The summed E-state index contributed by atoms with van der Waals surface area (Å²) in [4.78, 5) is 36.5. The van der Waals surface area contributed by atoms with Crippen molar-refractivity contribution < 1.29 is 10.0 Å². The first-order valence-electron chi connectivity index (χ1n) is 9.35. The molecule has 32 heavy (non-hydrogen) atoms. The third kappa shape index (κ3) is 3.79. The van der Waals surface area contributed by atoms with Crippen molar-refractivity contribution in [1.29, 1.82) is 0 Å². The van der Waals surface area contributed by atoms with Crippen LogP contribution in [-0.4, -0.2) is 19.2 Å². The summed E-state index contributed by atoms with van der Waals surface area (Å²) in [5.74, 6) is -0.677. The Kier molecular flexibility index (Phi) is 5.41. The predicted molar refractivity (Wildman–Crippen MR) is 117 cm³/mol. The van der Waals surface area contributed by atoms with Crippen LogP contribution in [0, 0.1) is 10.1 Å². The predicted octanol–water partition coefficient (Wildman–Crippen LogP) is 4.02. The number of nitro groups is 1. The van der Waals surface area contributed by atoms with Gasteiger partial charge in [0.1, 0.15) is 0 Å². The SMILES string of the molecule is O=c1c(N=Nc2ccc([N+](=O)[O-])cc2)c(O)n(-c2ccccc2)c(=O)n1-c1ccccc1. The van der Waals surface area contributed by atoms with Gasteiger partial charge in [0.2, 0.25) is 11.6 Å². The topological polar surface area (TPSA) is 132 Å². The van der Waals surface area contributed by atoms with Crippen molar-refractivity contribution in [2.24, 2.45) is 10.2 Å². The first-order valence-corrected chi connectivity index (χ1v) is 9.35. The fraction of sp³-hybridized carbons (Fsp3) is 0. The molecule has 1 N–H and O–H groups in total. The zero-order valence-corrected chi connectivity index (χ0v) is 16.4. The minimum Gasteiger partial charge on any atom is -0.492 e. The lowest BCUT2D eigenvalue weighted by molar-refractivity contribution is -0.384. The van der Waals surface area contributed by atoms with Gasteiger partial charge in [-0.2, -0.15) is 5.11 Å². The van der Waals surface area contributed by atoms with Gasteiger partial charge in [0.15, 0.2) is 0 Å². The summed E-state index contributed by atoms with van der Waals surface area (Å²) in [7, 11) is 0. The molecule has 10 heteroatoms. The van der Waals surface area contributed by atoms with Crippen LogP contribution in [-0.2, 0) is 0 Å². The van der Waals surface area contributed by atoms with Crippen LogP contribution in [0.2, 0.25) is 0 Å². The fourth-order valence-electron chi connectivity index (χ4n) is 3.04. The summed E-state index contributed by atoms with van der Waals surface area (Å²) in [6, 6.07) is 21.7. The molecule has 0 bridgehead atoms. The summed E-state index contributed by atoms with van der Waals surface area (Å²) in [6.45, 7) is 0. The molecule has 10 nitrogen and oxygen atoms in total. The van der Waals surface area contributed by atoms with E-state index in [-0.39, 0.29) is 11.4 Å². The number of hydrogen-bond donors (Lipinski definition) is 1. The number of para-hydroxylation sites is 2. The van der Waals surface area contributed by atoms with Gasteiger partial charge in [-0.1, -0.05) is 36.4 Å². The van der Waals surface area contributed by atoms with Gasteiger partial charge in [-0.05, 0) is 36.4 Å². The number of benzene rings is 3. The van der Waals surface area contributed by atoms with E-state index in [4.69, 9.17) is 0 Å². The van der Waals surface area contributed by atoms with Gasteiger partial charge < -0.3 is 5.11 Å². The highest BCUT2D eigenvalue weighted by Crippen LogP contribution is 2.26. The zero-order valence-electron chi connectivity index (χ0n) is 16.4. The van der Waals surface area contributed by atoms with Crippen molar-refractivity contribution in [3.05, 3.63) is 116 Å². The molecular weight excluding hydrogens is 414 g/mol. The minimum absolute atomic E-state index is 0.129. The Balaban J connectivity index is 1.93. The van der Waals surface area contributed by atoms with E-state index in [1.165, 1.54) is 24.3 Å². The van der Waals surface area contributed by atoms with E-state index >= 15 is 0 Å². The first-order chi connectivity index (χ1) is 15.5. The van der Waals surface area contributed by atoms with Gasteiger partial charge in [-0.25, -0.2) is 13.9 Å². The number of nitro benzene ring substituents is 1. The molecule has 4 aromatic rings. The van der Waals surface area contributed by atoms with Crippen molar-refractivity contribution in [1.82, 2.24) is 9.13 Å². The molecule has 0 atom stereocenters. The van der Waals surface area contributed by atoms with Gasteiger partial charge in [0.25, 0.3) is 11.2 Å². The van der Waals surface area contributed by atoms with E-state index < -0.39 is 27.7 Å². The Hall–Kier alpha value is -4.86. The second kappa shape index (κ2) is 8.48. The molecule has 0 fully saturated rings. The highest BCUT2D eigenvalue weighted by Gasteiger charge is 2.21. The third-order valence-corrected chi connectivity index (χ3v) is 4.57. The number of hydrogen-bond acceptors (Lipinski definition) is 7. The second-order valence-electron chi connectivity index (χ2n) is 6.58. The van der Waals surface area contributed by atoms with Crippen LogP contribution in [0.1, 0.15) is 0 Å². The molecule has 0 spiro atoms. The van der Waals surface area contributed by atoms with Crippen LogP contribution in [0.5, 0.6) is 5.88 Å². The average molecular weight is 429 g/mol. The van der Waals surface area contributed by atoms with E-state index in [0.29, 0.717) is 11.4 Å². The summed E-state index contributed by atoms with van der Waals surface area (Å²) in [5, 5.41) is 29.4. The highest BCUT2D eigenvalue weighted by atomic mass is 16.6. The van der Waals surface area contributed by atoms with E-state index in [2.05, 4.69) is 10.2 Å². The second-order valence-corrected chi connectivity index (χ2v) is 6.58. The third-order valence-electron chi connectivity index (χ3n) is 4.57. The van der Waals surface area contributed by atoms with Crippen LogP contribution >= 0.6 is 0 Å². The van der Waals surface area contributed by atoms with Gasteiger partial charge in [-0.15, -0.1) is 5.11 Å². The van der Waals surface area contributed by atoms with E-state index in [1.807, 2.05) is 0 Å². The van der Waals surface area contributed by atoms with E-state index in [9.17, 15) is 24.8 Å². The monoisotopic (exact) mass is 429 g/mol. The molecule has 158 valence electrons. The summed E-state index contributed by atoms with van der Waals surface area (Å²) in [5.41, 5.74) is -1.40. The standard InChI is InChI=1S/C22H15N5O5/c28-20-19(24-23-15-11-13-18(14-12-15)27(31)32)21(29)26(17-9-5-2-6-10-17)22(30)25(20)16-7-3-1-4-8-16/h1-14,28H. The van der Waals surface area contributed by atoms with Crippen molar-refractivity contribution >= 4 is 17.1 Å². The largest absolute Gasteiger partial charge is 0.492 e. The van der Waals surface area contributed by atoms with Crippen molar-refractivity contribution in [3.63, 3.8) is 0 Å². The molecule has 1 heterocycles. The van der Waals surface area contributed by atoms with Crippen molar-refractivity contribution in [2.45, 2.75) is 0 Å². The van der Waals surface area contributed by atoms with E-state index in [1.54, 1.807) is 60.7 Å². The van der Waals surface area contributed by atoms with Gasteiger partial charge >= 0.3 is 5.69 Å². The Morgan fingerprint density at radius 3 is 1.81 bits per heavy atom. The number of aromatic nitrogens is 2. The first kappa shape index (κ1) is 20.4. The number of non-ortho nitro benzene ring substituents is 1. The molecule has 0 aliphatic heterocycles. The molecule has 0 aliphatic carbocycles. The molecule has 0 aliphatic rings. The van der Waals surface area contributed by atoms with Crippen LogP contribution in [0.15, 0.2) is 105 Å². The summed E-state index contributed by atoms with van der Waals surface area (Å²) >= 11 is 0. The number of rotatable bonds is 5. The Bertz CT molecular complexity index is 1430. The normalized spacial score (nSPS) is 11.0. The Morgan fingerprint density at radius 1 is 0.750 bits per heavy atom. The van der Waals surface area contributed by atoms with Gasteiger partial charge in [0, 0.05) is 12.1 Å². The zero-order chi connectivity index (χ0) is 22.7. The molecule has 0 saturated carbocycles. The quantitative estimate of drug-likeness (QED) is 0.291. The van der Waals surface area contributed by atoms with Crippen LogP contribution in [0.25, 0.3) is 11.4 Å². The summed E-state index contributed by atoms with van der Waals surface area (Å²) in [6.07, 6.45) is 0. The van der Waals surface area contributed by atoms with Crippen molar-refractivity contribution in [2.75, 3.05) is 0 Å². The summed E-state index contributed by atoms with van der Waals surface area (Å²) < 4.78 is 1.84. The smallest absolute Gasteiger partial charge is 0.343 e. The van der Waals surface area contributed by atoms with E-state index in [0.717, 1.165) is 9.13 Å². The number of nitrogens with zero attached hydrogens (tertiary/aromatic N) is 5. The van der Waals surface area contributed by atoms with Crippen molar-refractivity contribution in [3.8, 4) is 17.3 Å². The maximum atomic E-state index is 13.2.